The number of nitrogens with zero attached hydrogens (tertiary/aromatic N) is 3. The first kappa shape index (κ1) is 32.5. The fourth-order valence-electron chi connectivity index (χ4n) is 9.20. The lowest BCUT2D eigenvalue weighted by atomic mass is 10.0. The molecule has 0 bridgehead atoms. The number of nitrogens with one attached hydrogen (secondary N) is 1. The topological polar surface area (TPSA) is 54.8 Å². The van der Waals surface area contributed by atoms with Crippen LogP contribution in [0.4, 0.5) is 0 Å². The molecule has 5 nitrogen and oxygen atoms in total. The van der Waals surface area contributed by atoms with Crippen LogP contribution in [0, 0.1) is 0 Å². The Hall–Kier alpha value is -7.54. The quantitative estimate of drug-likeness (QED) is 0.194. The van der Waals surface area contributed by atoms with Gasteiger partial charge in [0.1, 0.15) is 23.2 Å². The molecule has 276 valence electrons. The number of benzene rings is 9. The van der Waals surface area contributed by atoms with Crippen molar-refractivity contribution in [2.24, 2.45) is 9.98 Å². The molecule has 0 radical (unpaired) electrons. The van der Waals surface area contributed by atoms with Crippen LogP contribution in [0.5, 0.6) is 0 Å². The van der Waals surface area contributed by atoms with Crippen LogP contribution in [0.1, 0.15) is 22.9 Å². The number of aromatic nitrogens is 1. The minimum atomic E-state index is -0.380. The van der Waals surface area contributed by atoms with Gasteiger partial charge >= 0.3 is 0 Å². The van der Waals surface area contributed by atoms with Gasteiger partial charge in [0.15, 0.2) is 5.84 Å². The van der Waals surface area contributed by atoms with E-state index in [1.807, 2.05) is 17.4 Å². The first-order valence-electron chi connectivity index (χ1n) is 19.9. The zero-order valence-electron chi connectivity index (χ0n) is 31.6. The predicted octanol–water partition coefficient (Wildman–Crippen LogP) is 13.9. The number of aliphatic imine (C=N–C) groups is 2. The second-order valence-electron chi connectivity index (χ2n) is 15.4. The van der Waals surface area contributed by atoms with Gasteiger partial charge in [-0.15, -0.1) is 11.3 Å². The molecule has 3 aromatic heterocycles. The molecule has 4 heterocycles. The molecular weight excluding hydrogens is 741 g/mol. The van der Waals surface area contributed by atoms with Crippen LogP contribution in [-0.4, -0.2) is 16.2 Å². The SMILES string of the molecule is c1ccc2cc(C3N=C(c4ccc5c(c4)sc4ccccc45)N=C(c4cc(-n5c6ccccc6c6cc7ccccc7cc65)c5c(c4)oc4ccccc45)N3)ccc2c1. The second kappa shape index (κ2) is 12.5. The first-order chi connectivity index (χ1) is 29.2. The van der Waals surface area contributed by atoms with Crippen molar-refractivity contribution in [3.8, 4) is 5.69 Å². The molecule has 0 saturated carbocycles. The minimum Gasteiger partial charge on any atom is -0.456 e. The van der Waals surface area contributed by atoms with Gasteiger partial charge in [0.2, 0.25) is 0 Å². The molecule has 1 N–H and O–H groups in total. The molecule has 13 rings (SSSR count). The summed E-state index contributed by atoms with van der Waals surface area (Å²) >= 11 is 1.81. The van der Waals surface area contributed by atoms with Gasteiger partial charge in [-0.2, -0.15) is 0 Å². The summed E-state index contributed by atoms with van der Waals surface area (Å²) in [5, 5.41) is 15.6. The summed E-state index contributed by atoms with van der Waals surface area (Å²) in [6.07, 6.45) is -0.380. The molecule has 12 aromatic rings. The van der Waals surface area contributed by atoms with E-state index in [-0.39, 0.29) is 6.17 Å². The van der Waals surface area contributed by atoms with Crippen molar-refractivity contribution in [2.75, 3.05) is 0 Å². The van der Waals surface area contributed by atoms with Crippen LogP contribution in [0.15, 0.2) is 196 Å². The van der Waals surface area contributed by atoms with Gasteiger partial charge in [0.05, 0.1) is 22.1 Å². The lowest BCUT2D eigenvalue weighted by molar-refractivity contribution is 0.666. The molecule has 9 aromatic carbocycles. The van der Waals surface area contributed by atoms with Crippen LogP contribution < -0.4 is 5.32 Å². The van der Waals surface area contributed by atoms with Crippen molar-refractivity contribution < 1.29 is 4.42 Å². The molecule has 0 amide bonds. The lowest BCUT2D eigenvalue weighted by Crippen LogP contribution is -2.33. The molecule has 0 aliphatic carbocycles. The van der Waals surface area contributed by atoms with E-state index in [2.05, 4.69) is 186 Å². The number of hydrogen-bond donors (Lipinski definition) is 1. The highest BCUT2D eigenvalue weighted by molar-refractivity contribution is 7.25. The van der Waals surface area contributed by atoms with Crippen molar-refractivity contribution in [1.29, 1.82) is 0 Å². The van der Waals surface area contributed by atoms with Gasteiger partial charge in [0.25, 0.3) is 0 Å². The van der Waals surface area contributed by atoms with Crippen molar-refractivity contribution in [1.82, 2.24) is 9.88 Å². The van der Waals surface area contributed by atoms with Crippen LogP contribution >= 0.6 is 11.3 Å². The summed E-state index contributed by atoms with van der Waals surface area (Å²) in [6.45, 7) is 0. The Morgan fingerprint density at radius 3 is 2.08 bits per heavy atom. The Labute approximate surface area is 341 Å². The molecule has 1 atom stereocenters. The van der Waals surface area contributed by atoms with E-state index in [9.17, 15) is 0 Å². The molecule has 0 saturated heterocycles. The van der Waals surface area contributed by atoms with Gasteiger partial charge in [-0.05, 0) is 81.7 Å². The molecule has 59 heavy (non-hydrogen) atoms. The minimum absolute atomic E-state index is 0.380. The fourth-order valence-corrected chi connectivity index (χ4v) is 10.3. The second-order valence-corrected chi connectivity index (χ2v) is 16.5. The van der Waals surface area contributed by atoms with E-state index in [0.29, 0.717) is 5.84 Å². The Balaban J connectivity index is 1.06. The highest BCUT2D eigenvalue weighted by Gasteiger charge is 2.25. The molecule has 6 heteroatoms. The number of para-hydroxylation sites is 2. The Kier molecular flexibility index (Phi) is 6.88. The number of fused-ring (bicyclic) bond motifs is 11. The predicted molar refractivity (Wildman–Crippen MR) is 248 cm³/mol. The highest BCUT2D eigenvalue weighted by Crippen LogP contribution is 2.41. The summed E-state index contributed by atoms with van der Waals surface area (Å²) in [7, 11) is 0. The summed E-state index contributed by atoms with van der Waals surface area (Å²) in [4.78, 5) is 10.7. The molecular formula is C53H32N4OS. The van der Waals surface area contributed by atoms with E-state index in [1.165, 1.54) is 52.5 Å². The summed E-state index contributed by atoms with van der Waals surface area (Å²) in [6, 6.07) is 65.1. The zero-order valence-corrected chi connectivity index (χ0v) is 32.4. The summed E-state index contributed by atoms with van der Waals surface area (Å²) < 4.78 is 11.6. The third kappa shape index (κ3) is 5.03. The van der Waals surface area contributed by atoms with E-state index in [4.69, 9.17) is 14.4 Å². The third-order valence-electron chi connectivity index (χ3n) is 12.0. The van der Waals surface area contributed by atoms with E-state index < -0.39 is 0 Å². The maximum Gasteiger partial charge on any atom is 0.159 e. The van der Waals surface area contributed by atoms with Gasteiger partial charge in [-0.3, -0.25) is 0 Å². The Morgan fingerprint density at radius 2 is 1.20 bits per heavy atom. The van der Waals surface area contributed by atoms with Crippen molar-refractivity contribution in [3.63, 3.8) is 0 Å². The maximum absolute atomic E-state index is 6.74. The molecule has 1 aliphatic rings. The number of amidine groups is 2. The number of furan rings is 1. The van der Waals surface area contributed by atoms with Gasteiger partial charge < -0.3 is 14.3 Å². The van der Waals surface area contributed by atoms with E-state index in [1.54, 1.807) is 0 Å². The van der Waals surface area contributed by atoms with Gasteiger partial charge in [0, 0.05) is 47.5 Å². The van der Waals surface area contributed by atoms with Gasteiger partial charge in [-0.1, -0.05) is 127 Å². The molecule has 1 aliphatic heterocycles. The summed E-state index contributed by atoms with van der Waals surface area (Å²) in [5.74, 6) is 1.42. The monoisotopic (exact) mass is 772 g/mol. The standard InChI is InChI=1S/C53H32N4OS/c1-2-12-32-25-35(22-21-31(32)11-1)51-54-52(36-23-24-40-39-16-7-10-20-48(39)59-49(40)30-36)56-53(55-51)37-28-45(50-41-17-6-9-19-46(41)58-47(50)29-37)57-43-18-8-5-15-38(43)42-26-33-13-3-4-14-34(33)27-44(42)57/h1-30,51H,(H,54,55,56). The first-order valence-corrected chi connectivity index (χ1v) is 20.7. The summed E-state index contributed by atoms with van der Waals surface area (Å²) in [5.41, 5.74) is 7.91. The fraction of sp³-hybridized carbons (Fsp3) is 0.0189. The largest absolute Gasteiger partial charge is 0.456 e. The third-order valence-corrected chi connectivity index (χ3v) is 13.1. The van der Waals surface area contributed by atoms with Crippen LogP contribution in [-0.2, 0) is 0 Å². The highest BCUT2D eigenvalue weighted by atomic mass is 32.1. The number of rotatable bonds is 4. The Morgan fingerprint density at radius 1 is 0.492 bits per heavy atom. The zero-order chi connectivity index (χ0) is 38.6. The van der Waals surface area contributed by atoms with Crippen LogP contribution in [0.3, 0.4) is 0 Å². The average Bonchev–Trinajstić information content (AvgIpc) is 3.96. The molecule has 0 spiro atoms. The van der Waals surface area contributed by atoms with Crippen molar-refractivity contribution >= 4 is 108 Å². The van der Waals surface area contributed by atoms with Crippen LogP contribution in [0.25, 0.3) is 91.1 Å². The van der Waals surface area contributed by atoms with Gasteiger partial charge in [-0.25, -0.2) is 9.98 Å². The van der Waals surface area contributed by atoms with Crippen molar-refractivity contribution in [2.45, 2.75) is 6.17 Å². The maximum atomic E-state index is 6.74. The molecule has 1 unspecified atom stereocenters. The normalized spacial score (nSPS) is 14.6. The van der Waals surface area contributed by atoms with Crippen LogP contribution in [0.2, 0.25) is 0 Å². The number of hydrogen-bond acceptors (Lipinski definition) is 5. The van der Waals surface area contributed by atoms with Crippen molar-refractivity contribution in [3.05, 3.63) is 199 Å². The average molecular weight is 773 g/mol. The van der Waals surface area contributed by atoms with E-state index in [0.717, 1.165) is 61.2 Å². The smallest absolute Gasteiger partial charge is 0.159 e. The number of thiophene rings is 1. The van der Waals surface area contributed by atoms with E-state index >= 15 is 0 Å². The lowest BCUT2D eigenvalue weighted by Gasteiger charge is -2.24. The molecule has 0 fully saturated rings. The Bertz CT molecular complexity index is 3790.